The van der Waals surface area contributed by atoms with Crippen LogP contribution in [-0.4, -0.2) is 47.8 Å². The quantitative estimate of drug-likeness (QED) is 0.276. The number of aryl methyl sites for hydroxylation is 1. The minimum Gasteiger partial charge on any atom is -0.451 e. The zero-order chi connectivity index (χ0) is 26.6. The zero-order valence-electron chi connectivity index (χ0n) is 20.8. The van der Waals surface area contributed by atoms with E-state index in [2.05, 4.69) is 10.2 Å². The van der Waals surface area contributed by atoms with Crippen LogP contribution in [0.2, 0.25) is 0 Å². The summed E-state index contributed by atoms with van der Waals surface area (Å²) in [6.45, 7) is 4.64. The molecule has 0 saturated carbocycles. The number of hydrogen-bond acceptors (Lipinski definition) is 6. The molecule has 2 heterocycles. The van der Waals surface area contributed by atoms with E-state index in [4.69, 9.17) is 4.42 Å². The summed E-state index contributed by atoms with van der Waals surface area (Å²) in [5.74, 6) is -0.0933. The first-order valence-electron chi connectivity index (χ1n) is 12.3. The molecular weight excluding hydrogens is 484 g/mol. The molecule has 0 atom stereocenters. The highest BCUT2D eigenvalue weighted by atomic mass is 16.6. The van der Waals surface area contributed by atoms with E-state index < -0.39 is 10.8 Å². The standard InChI is InChI=1S/C29H26N4O5/c1-20-6-2-3-7-23(20)29(35)32-18-16-31(17-19-32)22-12-10-21(11-13-22)30-28(34)27-15-14-26(38-27)24-8-4-5-9-25(24)33(36)37/h2-15H,16-19H2,1H3,(H,30,34). The Morgan fingerprint density at radius 2 is 1.55 bits per heavy atom. The number of rotatable bonds is 6. The van der Waals surface area contributed by atoms with Crippen LogP contribution < -0.4 is 10.2 Å². The van der Waals surface area contributed by atoms with Gasteiger partial charge in [-0.1, -0.05) is 30.3 Å². The number of piperazine rings is 1. The van der Waals surface area contributed by atoms with Crippen molar-refractivity contribution in [2.45, 2.75) is 6.92 Å². The summed E-state index contributed by atoms with van der Waals surface area (Å²) in [5.41, 5.74) is 3.53. The van der Waals surface area contributed by atoms with Crippen LogP contribution in [0.3, 0.4) is 0 Å². The number of anilines is 2. The number of carbonyl (C=O) groups is 2. The van der Waals surface area contributed by atoms with Gasteiger partial charge in [0, 0.05) is 49.2 Å². The molecule has 1 aliphatic heterocycles. The van der Waals surface area contributed by atoms with Crippen LogP contribution in [0.4, 0.5) is 17.1 Å². The number of hydrogen-bond donors (Lipinski definition) is 1. The summed E-state index contributed by atoms with van der Waals surface area (Å²) in [6, 6.07) is 24.4. The number of nitro benzene ring substituents is 1. The average Bonchev–Trinajstić information content (AvgIpc) is 3.44. The molecule has 9 heteroatoms. The van der Waals surface area contributed by atoms with Gasteiger partial charge in [-0.3, -0.25) is 19.7 Å². The van der Waals surface area contributed by atoms with Gasteiger partial charge in [-0.25, -0.2) is 0 Å². The second-order valence-corrected chi connectivity index (χ2v) is 9.03. The maximum atomic E-state index is 12.9. The Bertz CT molecular complexity index is 1490. The summed E-state index contributed by atoms with van der Waals surface area (Å²) in [4.78, 5) is 40.5. The molecule has 0 aliphatic carbocycles. The molecular formula is C29H26N4O5. The molecule has 192 valence electrons. The first-order valence-corrected chi connectivity index (χ1v) is 12.3. The number of carbonyl (C=O) groups excluding carboxylic acids is 2. The van der Waals surface area contributed by atoms with Gasteiger partial charge in [0.1, 0.15) is 5.76 Å². The van der Waals surface area contributed by atoms with E-state index in [-0.39, 0.29) is 23.1 Å². The van der Waals surface area contributed by atoms with Crippen molar-refractivity contribution in [3.63, 3.8) is 0 Å². The van der Waals surface area contributed by atoms with Gasteiger partial charge in [0.2, 0.25) is 0 Å². The fourth-order valence-electron chi connectivity index (χ4n) is 4.55. The number of benzene rings is 3. The van der Waals surface area contributed by atoms with Gasteiger partial charge in [-0.05, 0) is 61.0 Å². The third-order valence-electron chi connectivity index (χ3n) is 6.63. The highest BCUT2D eigenvalue weighted by Gasteiger charge is 2.23. The maximum absolute atomic E-state index is 12.9. The number of furan rings is 1. The molecule has 1 aliphatic rings. The highest BCUT2D eigenvalue weighted by molar-refractivity contribution is 6.02. The van der Waals surface area contributed by atoms with E-state index in [9.17, 15) is 19.7 Å². The molecule has 0 unspecified atom stereocenters. The third kappa shape index (κ3) is 5.12. The van der Waals surface area contributed by atoms with Crippen LogP contribution >= 0.6 is 0 Å². The Balaban J connectivity index is 1.19. The SMILES string of the molecule is Cc1ccccc1C(=O)N1CCN(c2ccc(NC(=O)c3ccc(-c4ccccc4[N+](=O)[O-])o3)cc2)CC1. The average molecular weight is 511 g/mol. The maximum Gasteiger partial charge on any atom is 0.291 e. The number of nitrogens with one attached hydrogen (secondary N) is 1. The molecule has 0 radical (unpaired) electrons. The topological polar surface area (TPSA) is 109 Å². The van der Waals surface area contributed by atoms with Crippen molar-refractivity contribution in [3.8, 4) is 11.3 Å². The Morgan fingerprint density at radius 1 is 0.868 bits per heavy atom. The number of amides is 2. The van der Waals surface area contributed by atoms with Crippen molar-refractivity contribution < 1.29 is 18.9 Å². The van der Waals surface area contributed by atoms with E-state index in [1.165, 1.54) is 12.1 Å². The van der Waals surface area contributed by atoms with Gasteiger partial charge in [0.15, 0.2) is 5.76 Å². The molecule has 1 aromatic heterocycles. The lowest BCUT2D eigenvalue weighted by Crippen LogP contribution is -2.48. The summed E-state index contributed by atoms with van der Waals surface area (Å²) >= 11 is 0. The van der Waals surface area contributed by atoms with E-state index in [0.717, 1.165) is 16.8 Å². The van der Waals surface area contributed by atoms with Crippen LogP contribution in [0.1, 0.15) is 26.5 Å². The van der Waals surface area contributed by atoms with Crippen molar-refractivity contribution in [2.75, 3.05) is 36.4 Å². The lowest BCUT2D eigenvalue weighted by atomic mass is 10.1. The van der Waals surface area contributed by atoms with Crippen molar-refractivity contribution >= 4 is 28.9 Å². The monoisotopic (exact) mass is 510 g/mol. The summed E-state index contributed by atoms with van der Waals surface area (Å²) in [5, 5.41) is 14.1. The lowest BCUT2D eigenvalue weighted by molar-refractivity contribution is -0.384. The summed E-state index contributed by atoms with van der Waals surface area (Å²) in [7, 11) is 0. The van der Waals surface area contributed by atoms with Crippen molar-refractivity contribution in [1.29, 1.82) is 0 Å². The normalized spacial score (nSPS) is 13.3. The molecule has 38 heavy (non-hydrogen) atoms. The third-order valence-corrected chi connectivity index (χ3v) is 6.63. The van der Waals surface area contributed by atoms with Crippen LogP contribution in [0.25, 0.3) is 11.3 Å². The Kier molecular flexibility index (Phi) is 6.90. The fraction of sp³-hybridized carbons (Fsp3) is 0.172. The second kappa shape index (κ2) is 10.6. The van der Waals surface area contributed by atoms with Crippen molar-refractivity contribution in [2.24, 2.45) is 0 Å². The molecule has 9 nitrogen and oxygen atoms in total. The number of para-hydroxylation sites is 1. The summed E-state index contributed by atoms with van der Waals surface area (Å²) < 4.78 is 5.63. The van der Waals surface area contributed by atoms with E-state index in [1.54, 1.807) is 24.3 Å². The first kappa shape index (κ1) is 24.8. The minimum atomic E-state index is -0.485. The van der Waals surface area contributed by atoms with E-state index in [1.807, 2.05) is 60.4 Å². The largest absolute Gasteiger partial charge is 0.451 e. The van der Waals surface area contributed by atoms with Gasteiger partial charge in [-0.2, -0.15) is 0 Å². The predicted molar refractivity (Wildman–Crippen MR) is 144 cm³/mol. The van der Waals surface area contributed by atoms with Gasteiger partial charge in [0.25, 0.3) is 17.5 Å². The molecule has 3 aromatic carbocycles. The van der Waals surface area contributed by atoms with Gasteiger partial charge in [-0.15, -0.1) is 0 Å². The molecule has 4 aromatic rings. The Hall–Kier alpha value is -4.92. The number of nitrogens with zero attached hydrogens (tertiary/aromatic N) is 3. The zero-order valence-corrected chi connectivity index (χ0v) is 20.8. The first-order chi connectivity index (χ1) is 18.4. The van der Waals surface area contributed by atoms with E-state index >= 15 is 0 Å². The van der Waals surface area contributed by atoms with Crippen LogP contribution in [0, 0.1) is 17.0 Å². The van der Waals surface area contributed by atoms with Crippen LogP contribution in [0.5, 0.6) is 0 Å². The van der Waals surface area contributed by atoms with E-state index in [0.29, 0.717) is 37.4 Å². The Labute approximate surface area is 219 Å². The molecule has 1 fully saturated rings. The minimum absolute atomic E-state index is 0.0525. The van der Waals surface area contributed by atoms with Crippen molar-refractivity contribution in [1.82, 2.24) is 4.90 Å². The highest BCUT2D eigenvalue weighted by Crippen LogP contribution is 2.31. The van der Waals surface area contributed by atoms with Crippen LogP contribution in [0.15, 0.2) is 89.3 Å². The van der Waals surface area contributed by atoms with Gasteiger partial charge < -0.3 is 19.5 Å². The Morgan fingerprint density at radius 3 is 2.26 bits per heavy atom. The molecule has 0 bridgehead atoms. The molecule has 0 spiro atoms. The molecule has 1 saturated heterocycles. The van der Waals surface area contributed by atoms with Gasteiger partial charge >= 0.3 is 0 Å². The second-order valence-electron chi connectivity index (χ2n) is 9.03. The van der Waals surface area contributed by atoms with Gasteiger partial charge in [0.05, 0.1) is 10.5 Å². The lowest BCUT2D eigenvalue weighted by Gasteiger charge is -2.36. The smallest absolute Gasteiger partial charge is 0.291 e. The fourth-order valence-corrected chi connectivity index (χ4v) is 4.55. The molecule has 5 rings (SSSR count). The predicted octanol–water partition coefficient (Wildman–Crippen LogP) is 5.38. The van der Waals surface area contributed by atoms with Crippen LogP contribution in [-0.2, 0) is 0 Å². The molecule has 1 N–H and O–H groups in total. The molecule has 2 amide bonds. The van der Waals surface area contributed by atoms with Crippen molar-refractivity contribution in [3.05, 3.63) is 112 Å². The summed E-state index contributed by atoms with van der Waals surface area (Å²) in [6.07, 6.45) is 0. The number of nitro groups is 1.